The lowest BCUT2D eigenvalue weighted by Crippen LogP contribution is -2.58. The second kappa shape index (κ2) is 13.9. The minimum atomic E-state index is -4.57. The molecule has 0 radical (unpaired) electrons. The number of H-pyrrole nitrogens is 1. The molecule has 252 valence electrons. The molecule has 6 rings (SSSR count). The quantitative estimate of drug-likeness (QED) is 0.194. The number of aromatic amines is 1. The topological polar surface area (TPSA) is 140 Å². The number of piperidine rings is 1. The van der Waals surface area contributed by atoms with Crippen molar-refractivity contribution < 1.29 is 37.7 Å². The van der Waals surface area contributed by atoms with Crippen LogP contribution in [0.15, 0.2) is 46.6 Å². The van der Waals surface area contributed by atoms with Crippen LogP contribution in [0, 0.1) is 0 Å². The van der Waals surface area contributed by atoms with Crippen molar-refractivity contribution in [2.75, 3.05) is 52.5 Å². The van der Waals surface area contributed by atoms with Gasteiger partial charge in [-0.15, -0.1) is 11.3 Å². The van der Waals surface area contributed by atoms with Crippen molar-refractivity contribution in [1.29, 1.82) is 0 Å². The fourth-order valence-corrected chi connectivity index (χ4v) is 7.51. The number of benzene rings is 2. The number of aliphatic hydroxyl groups is 1. The van der Waals surface area contributed by atoms with Gasteiger partial charge in [-0.25, -0.2) is 4.98 Å². The number of rotatable bonds is 10. The smallest absolute Gasteiger partial charge is 0.443 e. The summed E-state index contributed by atoms with van der Waals surface area (Å²) >= 11 is 1.38. The summed E-state index contributed by atoms with van der Waals surface area (Å²) < 4.78 is 51.5. The van der Waals surface area contributed by atoms with Gasteiger partial charge in [0.05, 0.1) is 29.6 Å². The number of aromatic hydroxyl groups is 1. The molecule has 4 N–H and O–H groups in total. The van der Waals surface area contributed by atoms with Crippen LogP contribution in [0.1, 0.15) is 45.6 Å². The van der Waals surface area contributed by atoms with Crippen molar-refractivity contribution in [2.45, 2.75) is 37.3 Å². The van der Waals surface area contributed by atoms with E-state index in [1.165, 1.54) is 11.4 Å². The van der Waals surface area contributed by atoms with E-state index in [1.54, 1.807) is 11.0 Å². The molecule has 2 aromatic carbocycles. The average Bonchev–Trinajstić information content (AvgIpc) is 3.71. The number of hydrogen-bond acceptors (Lipinski definition) is 11. The number of morpholine rings is 1. The van der Waals surface area contributed by atoms with Crippen molar-refractivity contribution in [1.82, 2.24) is 25.1 Å². The molecule has 0 saturated carbocycles. The summed E-state index contributed by atoms with van der Waals surface area (Å²) in [6, 6.07) is 10.7. The molecule has 0 bridgehead atoms. The Morgan fingerprint density at radius 2 is 1.94 bits per heavy atom. The van der Waals surface area contributed by atoms with Gasteiger partial charge < -0.3 is 34.9 Å². The van der Waals surface area contributed by atoms with E-state index < -0.39 is 28.8 Å². The number of aliphatic hydroxyl groups excluding tert-OH is 1. The fraction of sp³-hybridized carbons (Fsp3) is 0.452. The summed E-state index contributed by atoms with van der Waals surface area (Å²) in [5.74, 6) is 0.203. The minimum absolute atomic E-state index is 0.0325. The fourth-order valence-electron chi connectivity index (χ4n) is 5.93. The average molecular weight is 694 g/mol. The number of ether oxygens (including phenoxy) is 2. The van der Waals surface area contributed by atoms with Crippen molar-refractivity contribution >= 4 is 38.8 Å². The molecule has 2 fully saturated rings. The number of alkyl halides is 3. The van der Waals surface area contributed by atoms with E-state index in [2.05, 4.69) is 20.2 Å². The third-order valence-electron chi connectivity index (χ3n) is 8.48. The molecule has 2 saturated heterocycles. The first-order valence-electron chi connectivity index (χ1n) is 15.1. The number of aromatic nitrogens is 2. The van der Waals surface area contributed by atoms with Gasteiger partial charge in [-0.05, 0) is 36.6 Å². The van der Waals surface area contributed by atoms with Gasteiger partial charge in [0.15, 0.2) is 5.01 Å². The molecule has 0 aliphatic carbocycles. The van der Waals surface area contributed by atoms with Gasteiger partial charge in [0.25, 0.3) is 5.91 Å². The van der Waals surface area contributed by atoms with Crippen molar-refractivity contribution in [3.8, 4) is 11.5 Å². The molecule has 2 aromatic heterocycles. The number of nitrogens with one attached hydrogen (secondary N) is 2. The maximum Gasteiger partial charge on any atom is 0.443 e. The molecule has 1 amide bonds. The number of fused-ring (bicyclic) bond motifs is 1. The summed E-state index contributed by atoms with van der Waals surface area (Å²) in [4.78, 5) is 34.3. The lowest BCUT2D eigenvalue weighted by atomic mass is 9.89. The van der Waals surface area contributed by atoms with E-state index in [-0.39, 0.29) is 22.9 Å². The Labute approximate surface area is 275 Å². The first-order chi connectivity index (χ1) is 22.5. The van der Waals surface area contributed by atoms with Crippen LogP contribution in [0.4, 0.5) is 13.2 Å². The number of hydrogen-bond donors (Lipinski definition) is 4. The van der Waals surface area contributed by atoms with Crippen molar-refractivity contribution in [2.24, 2.45) is 0 Å². The van der Waals surface area contributed by atoms with Crippen LogP contribution in [0.2, 0.25) is 0 Å². The van der Waals surface area contributed by atoms with Crippen molar-refractivity contribution in [3.63, 3.8) is 0 Å². The minimum Gasteiger partial charge on any atom is -0.506 e. The third kappa shape index (κ3) is 7.79. The molecule has 1 atom stereocenters. The summed E-state index contributed by atoms with van der Waals surface area (Å²) in [6.45, 7) is 4.43. The van der Waals surface area contributed by atoms with E-state index in [1.807, 2.05) is 24.3 Å². The zero-order valence-corrected chi connectivity index (χ0v) is 26.8. The largest absolute Gasteiger partial charge is 0.506 e. The predicted molar refractivity (Wildman–Crippen MR) is 170 cm³/mol. The molecule has 16 heteroatoms. The first-order valence-corrected chi connectivity index (χ1v) is 16.8. The normalized spacial score (nSPS) is 17.7. The van der Waals surface area contributed by atoms with Crippen LogP contribution >= 0.6 is 22.7 Å². The molecule has 4 heterocycles. The Balaban J connectivity index is 0.911. The Bertz CT molecular complexity index is 1750. The predicted octanol–water partition coefficient (Wildman–Crippen LogP) is 3.98. The van der Waals surface area contributed by atoms with Gasteiger partial charge in [0.2, 0.25) is 0 Å². The van der Waals surface area contributed by atoms with Gasteiger partial charge in [-0.2, -0.15) is 13.2 Å². The Morgan fingerprint density at radius 3 is 2.66 bits per heavy atom. The molecular weight excluding hydrogens is 659 g/mol. The van der Waals surface area contributed by atoms with Gasteiger partial charge in [-0.1, -0.05) is 29.5 Å². The van der Waals surface area contributed by atoms with E-state index in [0.29, 0.717) is 79.4 Å². The second-order valence-electron chi connectivity index (χ2n) is 11.7. The van der Waals surface area contributed by atoms with E-state index >= 15 is 0 Å². The number of likely N-dealkylation sites (tertiary alicyclic amines) is 1. The van der Waals surface area contributed by atoms with E-state index in [4.69, 9.17) is 9.47 Å². The van der Waals surface area contributed by atoms with Crippen LogP contribution in [0.5, 0.6) is 11.5 Å². The monoisotopic (exact) mass is 693 g/mol. The molecular formula is C31H34F3N5O6S2. The van der Waals surface area contributed by atoms with Gasteiger partial charge in [0, 0.05) is 50.2 Å². The Hall–Kier alpha value is -3.54. The van der Waals surface area contributed by atoms with Crippen LogP contribution in [-0.2, 0) is 17.5 Å². The summed E-state index contributed by atoms with van der Waals surface area (Å²) in [5.41, 5.74) is 1.21. The van der Waals surface area contributed by atoms with Gasteiger partial charge in [-0.3, -0.25) is 14.5 Å². The molecule has 0 unspecified atom stereocenters. The molecule has 47 heavy (non-hydrogen) atoms. The number of carbonyl (C=O) groups excluding carboxylic acids is 1. The number of thiazole rings is 2. The summed E-state index contributed by atoms with van der Waals surface area (Å²) in [7, 11) is 0. The Morgan fingerprint density at radius 1 is 1.17 bits per heavy atom. The zero-order valence-electron chi connectivity index (χ0n) is 25.2. The number of phenols is 1. The lowest BCUT2D eigenvalue weighted by Gasteiger charge is -2.47. The van der Waals surface area contributed by atoms with Crippen LogP contribution in [-0.4, -0.2) is 94.0 Å². The van der Waals surface area contributed by atoms with Gasteiger partial charge >= 0.3 is 11.0 Å². The van der Waals surface area contributed by atoms with Crippen LogP contribution in [0.25, 0.3) is 10.2 Å². The molecule has 11 nitrogen and oxygen atoms in total. The zero-order chi connectivity index (χ0) is 33.2. The highest BCUT2D eigenvalue weighted by molar-refractivity contribution is 7.16. The highest BCUT2D eigenvalue weighted by Crippen LogP contribution is 2.34. The molecule has 1 spiro atoms. The first kappa shape index (κ1) is 33.4. The van der Waals surface area contributed by atoms with Crippen LogP contribution < -0.4 is 14.9 Å². The Kier molecular flexibility index (Phi) is 9.87. The highest BCUT2D eigenvalue weighted by Gasteiger charge is 2.42. The maximum atomic E-state index is 12.9. The number of phenolic OH excluding ortho intramolecular Hbond substituents is 1. The number of halogens is 3. The molecule has 2 aliphatic heterocycles. The number of carbonyl (C=O) groups is 1. The van der Waals surface area contributed by atoms with Crippen molar-refractivity contribution in [3.05, 3.63) is 73.3 Å². The molecule has 2 aliphatic rings. The third-order valence-corrected chi connectivity index (χ3v) is 10.3. The highest BCUT2D eigenvalue weighted by atomic mass is 32.1. The summed E-state index contributed by atoms with van der Waals surface area (Å²) in [5, 5.41) is 24.0. The maximum absolute atomic E-state index is 12.9. The van der Waals surface area contributed by atoms with Crippen LogP contribution in [0.3, 0.4) is 0 Å². The molecule has 4 aromatic rings. The van der Waals surface area contributed by atoms with E-state index in [9.17, 15) is 33.0 Å². The number of amides is 1. The standard InChI is InChI=1S/C31H34F3N5O6S2/c32-31(33,34)28-36-22(17-46-28)27(42)39-12-14-45-30(18-39)7-9-38(10-8-30)11-13-44-20-3-1-19(2-4-20)15-35-16-24(41)21-5-6-23(40)25-26(21)47-29(43)37-25/h1-6,17,24,35,40-41H,7-16,18H2,(H,37,43)/t24-/m0/s1. The summed E-state index contributed by atoms with van der Waals surface area (Å²) in [6.07, 6.45) is -4.04. The lowest BCUT2D eigenvalue weighted by molar-refractivity contribution is -0.137. The van der Waals surface area contributed by atoms with Gasteiger partial charge in [0.1, 0.15) is 29.3 Å². The van der Waals surface area contributed by atoms with E-state index in [0.717, 1.165) is 35.7 Å². The SMILES string of the molecule is O=C(c1csc(C(F)(F)F)n1)N1CCOC2(CCN(CCOc3ccc(CNC[C@H](O)c4ccc(O)c5[nH]c(=O)sc45)cc3)CC2)C1. The number of nitrogens with zero attached hydrogens (tertiary/aromatic N) is 3. The second-order valence-corrected chi connectivity index (χ2v) is 13.5.